The number of unbranched alkanes of at least 4 members (excludes halogenated alkanes) is 15. The van der Waals surface area contributed by atoms with Gasteiger partial charge in [-0.2, -0.15) is 0 Å². The molecule has 0 spiro atoms. The van der Waals surface area contributed by atoms with E-state index in [9.17, 15) is 19.8 Å². The maximum Gasteiger partial charge on any atom is 0.306 e. The number of ether oxygens (including phenoxy) is 1. The highest BCUT2D eigenvalue weighted by Crippen LogP contribution is 2.16. The smallest absolute Gasteiger partial charge is 0.306 e. The van der Waals surface area contributed by atoms with E-state index in [0.717, 1.165) is 70.6 Å². The number of nitrogens with one attached hydrogen (secondary N) is 1. The largest absolute Gasteiger partial charge is 0.462 e. The number of amides is 1. The summed E-state index contributed by atoms with van der Waals surface area (Å²) >= 11 is 0. The Hall–Kier alpha value is -4.26. The number of carbonyl (C=O) groups is 2. The lowest BCUT2D eigenvalue weighted by atomic mass is 10.0. The zero-order valence-corrected chi connectivity index (χ0v) is 39.9. The number of allylic oxidation sites excluding steroid dienone is 24. The molecule has 1 amide bonds. The summed E-state index contributed by atoms with van der Waals surface area (Å²) in [6.07, 6.45) is 70.4. The molecule has 0 aromatic rings. The molecule has 3 unspecified atom stereocenters. The maximum absolute atomic E-state index is 13.2. The van der Waals surface area contributed by atoms with Crippen LogP contribution in [0.15, 0.2) is 146 Å². The second-order valence-electron chi connectivity index (χ2n) is 16.1. The van der Waals surface area contributed by atoms with E-state index in [-0.39, 0.29) is 24.9 Å². The van der Waals surface area contributed by atoms with E-state index in [4.69, 9.17) is 4.74 Å². The molecule has 0 aromatic carbocycles. The second-order valence-corrected chi connectivity index (χ2v) is 16.1. The summed E-state index contributed by atoms with van der Waals surface area (Å²) in [6, 6.07) is -0.746. The van der Waals surface area contributed by atoms with Crippen molar-refractivity contribution >= 4 is 11.9 Å². The van der Waals surface area contributed by atoms with Gasteiger partial charge in [-0.1, -0.05) is 250 Å². The van der Waals surface area contributed by atoms with Gasteiger partial charge >= 0.3 is 5.97 Å². The van der Waals surface area contributed by atoms with Crippen LogP contribution in [0.25, 0.3) is 0 Å². The van der Waals surface area contributed by atoms with Crippen LogP contribution in [0.5, 0.6) is 0 Å². The SMILES string of the molecule is CC\C=C/C=C/C=C/C=C\C=C\C=C\CCCCCC(=O)OC(CCC/C=C/C=C/C=C\C=C\C=C\C=C/CC)CC(=O)NC(CO)C(O)CCCCCCCCCCCCCC. The quantitative estimate of drug-likeness (QED) is 0.0323. The van der Waals surface area contributed by atoms with Gasteiger partial charge in [0.25, 0.3) is 0 Å². The van der Waals surface area contributed by atoms with Crippen molar-refractivity contribution in [3.8, 4) is 0 Å². The molecule has 0 aliphatic carbocycles. The first-order valence-corrected chi connectivity index (χ1v) is 24.7. The minimum absolute atomic E-state index is 0.00292. The van der Waals surface area contributed by atoms with Gasteiger partial charge in [-0.3, -0.25) is 9.59 Å². The minimum atomic E-state index is -0.826. The number of hydrogen-bond donors (Lipinski definition) is 3. The Kier molecular flexibility index (Phi) is 45.5. The van der Waals surface area contributed by atoms with Crippen molar-refractivity contribution in [2.24, 2.45) is 0 Å². The monoisotopic (exact) mass is 868 g/mol. The summed E-state index contributed by atoms with van der Waals surface area (Å²) in [7, 11) is 0. The van der Waals surface area contributed by atoms with Gasteiger partial charge < -0.3 is 20.3 Å². The number of carbonyl (C=O) groups excluding carboxylic acids is 2. The van der Waals surface area contributed by atoms with E-state index in [2.05, 4.69) is 50.4 Å². The van der Waals surface area contributed by atoms with Crippen molar-refractivity contribution in [1.29, 1.82) is 0 Å². The Morgan fingerprint density at radius 2 is 0.873 bits per heavy atom. The molecular weight excluding hydrogens is 779 g/mol. The molecule has 6 nitrogen and oxygen atoms in total. The van der Waals surface area contributed by atoms with Crippen LogP contribution in [0.1, 0.15) is 175 Å². The van der Waals surface area contributed by atoms with E-state index in [1.807, 2.05) is 122 Å². The Labute approximate surface area is 385 Å². The maximum atomic E-state index is 13.2. The molecule has 0 saturated carbocycles. The number of aliphatic hydroxyl groups excluding tert-OH is 2. The third-order valence-electron chi connectivity index (χ3n) is 10.2. The van der Waals surface area contributed by atoms with Crippen molar-refractivity contribution < 1.29 is 24.5 Å². The van der Waals surface area contributed by atoms with E-state index in [1.165, 1.54) is 57.8 Å². The summed E-state index contributed by atoms with van der Waals surface area (Å²) in [6.45, 7) is 6.13. The average Bonchev–Trinajstić information content (AvgIpc) is 3.28. The first kappa shape index (κ1) is 58.7. The first-order chi connectivity index (χ1) is 31.0. The fourth-order valence-corrected chi connectivity index (χ4v) is 6.56. The average molecular weight is 868 g/mol. The highest BCUT2D eigenvalue weighted by Gasteiger charge is 2.24. The van der Waals surface area contributed by atoms with Crippen molar-refractivity contribution in [3.05, 3.63) is 146 Å². The Morgan fingerprint density at radius 1 is 0.476 bits per heavy atom. The normalized spacial score (nSPS) is 14.6. The predicted molar refractivity (Wildman–Crippen MR) is 272 cm³/mol. The molecule has 0 rings (SSSR count). The van der Waals surface area contributed by atoms with Crippen molar-refractivity contribution in [3.63, 3.8) is 0 Å². The van der Waals surface area contributed by atoms with Gasteiger partial charge in [-0.05, 0) is 57.8 Å². The summed E-state index contributed by atoms with van der Waals surface area (Å²) < 4.78 is 5.87. The van der Waals surface area contributed by atoms with Crippen LogP contribution in [0.4, 0.5) is 0 Å². The van der Waals surface area contributed by atoms with Crippen LogP contribution in [-0.2, 0) is 14.3 Å². The summed E-state index contributed by atoms with van der Waals surface area (Å²) in [5.41, 5.74) is 0. The molecular formula is C57H89NO5. The lowest BCUT2D eigenvalue weighted by Crippen LogP contribution is -2.46. The molecule has 0 aromatic heterocycles. The van der Waals surface area contributed by atoms with Crippen LogP contribution >= 0.6 is 0 Å². The molecule has 0 radical (unpaired) electrons. The van der Waals surface area contributed by atoms with Gasteiger partial charge in [-0.25, -0.2) is 0 Å². The topological polar surface area (TPSA) is 95.9 Å². The van der Waals surface area contributed by atoms with Crippen LogP contribution in [0.2, 0.25) is 0 Å². The van der Waals surface area contributed by atoms with Crippen molar-refractivity contribution in [1.82, 2.24) is 5.32 Å². The van der Waals surface area contributed by atoms with Gasteiger partial charge in [0.2, 0.25) is 5.91 Å². The van der Waals surface area contributed by atoms with Crippen LogP contribution in [0.3, 0.4) is 0 Å². The number of hydrogen-bond acceptors (Lipinski definition) is 5. The Morgan fingerprint density at radius 3 is 1.32 bits per heavy atom. The molecule has 0 saturated heterocycles. The summed E-state index contributed by atoms with van der Waals surface area (Å²) in [4.78, 5) is 26.1. The standard InChI is InChI=1S/C57H89NO5/c1-4-7-10-13-16-19-22-25-27-28-30-32-35-38-41-44-47-50-57(62)63-53(48-45-42-39-36-33-31-29-26-23-20-17-14-11-8-5-2)51-56(61)58-54(52-59)55(60)49-46-43-40-37-34-24-21-18-15-12-9-6-3/h7-8,10-11,13-14,16-17,19-20,22-23,25-33,35-36,39,53-55,59-60H,4-6,9,12,15,18,21,24,34,37-38,40-52H2,1-3H3,(H,58,61)/b10-7-,11-8-,16-13+,17-14+,22-19+,23-20+,27-25-,29-26-,30-28+,33-31+,35-32+,39-36+. The number of aliphatic hydroxyl groups is 2. The van der Waals surface area contributed by atoms with Crippen LogP contribution < -0.4 is 5.32 Å². The summed E-state index contributed by atoms with van der Waals surface area (Å²) in [5.74, 6) is -0.619. The molecule has 0 aliphatic heterocycles. The zero-order chi connectivity index (χ0) is 45.9. The van der Waals surface area contributed by atoms with Gasteiger partial charge in [0, 0.05) is 6.42 Å². The zero-order valence-electron chi connectivity index (χ0n) is 39.9. The molecule has 352 valence electrons. The Balaban J connectivity index is 4.88. The van der Waals surface area contributed by atoms with Gasteiger partial charge in [0.05, 0.1) is 25.2 Å². The van der Waals surface area contributed by atoms with E-state index >= 15 is 0 Å². The lowest BCUT2D eigenvalue weighted by Gasteiger charge is -2.24. The molecule has 3 atom stereocenters. The van der Waals surface area contributed by atoms with Gasteiger partial charge in [0.15, 0.2) is 0 Å². The van der Waals surface area contributed by atoms with Crippen molar-refractivity contribution in [2.75, 3.05) is 6.61 Å². The van der Waals surface area contributed by atoms with Crippen LogP contribution in [-0.4, -0.2) is 46.9 Å². The van der Waals surface area contributed by atoms with E-state index in [1.54, 1.807) is 0 Å². The highest BCUT2D eigenvalue weighted by atomic mass is 16.5. The van der Waals surface area contributed by atoms with Gasteiger partial charge in [0.1, 0.15) is 6.10 Å². The highest BCUT2D eigenvalue weighted by molar-refractivity contribution is 5.77. The third-order valence-corrected chi connectivity index (χ3v) is 10.2. The van der Waals surface area contributed by atoms with Gasteiger partial charge in [-0.15, -0.1) is 0 Å². The number of rotatable bonds is 41. The third kappa shape index (κ3) is 44.2. The summed E-state index contributed by atoms with van der Waals surface area (Å²) in [5, 5.41) is 23.7. The minimum Gasteiger partial charge on any atom is -0.462 e. The fourth-order valence-electron chi connectivity index (χ4n) is 6.56. The Bertz CT molecular complexity index is 1440. The fraction of sp³-hybridized carbons (Fsp3) is 0.544. The molecule has 0 fully saturated rings. The first-order valence-electron chi connectivity index (χ1n) is 24.7. The van der Waals surface area contributed by atoms with Crippen LogP contribution in [0, 0.1) is 0 Å². The van der Waals surface area contributed by atoms with E-state index < -0.39 is 18.2 Å². The lowest BCUT2D eigenvalue weighted by molar-refractivity contribution is -0.151. The molecule has 0 heterocycles. The molecule has 3 N–H and O–H groups in total. The molecule has 0 bridgehead atoms. The van der Waals surface area contributed by atoms with Crippen molar-refractivity contribution in [2.45, 2.75) is 193 Å². The molecule has 63 heavy (non-hydrogen) atoms. The predicted octanol–water partition coefficient (Wildman–Crippen LogP) is 14.8. The van der Waals surface area contributed by atoms with E-state index in [0.29, 0.717) is 19.3 Å². The second kappa shape index (κ2) is 48.8. The molecule has 6 heteroatoms. The number of esters is 1. The molecule has 0 aliphatic rings.